The average molecular weight is 427 g/mol. The molecule has 2 heteroatoms. The summed E-state index contributed by atoms with van der Waals surface area (Å²) < 4.78 is 0. The van der Waals surface area contributed by atoms with Gasteiger partial charge in [-0.3, -0.25) is 0 Å². The highest BCUT2D eigenvalue weighted by Gasteiger charge is 2.63. The highest BCUT2D eigenvalue weighted by Crippen LogP contribution is 2.69. The van der Waals surface area contributed by atoms with E-state index < -0.39 is 16.1 Å². The predicted molar refractivity (Wildman–Crippen MR) is 139 cm³/mol. The Kier molecular flexibility index (Phi) is 7.65. The summed E-state index contributed by atoms with van der Waals surface area (Å²) in [7, 11) is -3.42. The molecule has 0 aliphatic heterocycles. The van der Waals surface area contributed by atoms with Gasteiger partial charge in [-0.1, -0.05) is 137 Å². The van der Waals surface area contributed by atoms with Crippen LogP contribution in [0.2, 0.25) is 42.3 Å². The summed E-state index contributed by atoms with van der Waals surface area (Å²) in [5.41, 5.74) is 0. The van der Waals surface area contributed by atoms with Gasteiger partial charge in [-0.25, -0.2) is 0 Å². The van der Waals surface area contributed by atoms with E-state index in [0.29, 0.717) is 30.2 Å². The molecule has 28 heavy (non-hydrogen) atoms. The summed E-state index contributed by atoms with van der Waals surface area (Å²) in [5, 5.41) is 2.32. The predicted octanol–water partition coefficient (Wildman–Crippen LogP) is 10.7. The normalized spacial score (nSPS) is 16.5. The summed E-state index contributed by atoms with van der Waals surface area (Å²) in [5.74, 6) is 0. The van der Waals surface area contributed by atoms with Crippen LogP contribution in [0.4, 0.5) is 0 Å². The molecule has 0 atom stereocenters. The third-order valence-corrected chi connectivity index (χ3v) is 26.4. The van der Waals surface area contributed by atoms with E-state index in [0.717, 1.165) is 0 Å². The second-order valence-corrected chi connectivity index (χ2v) is 29.4. The highest BCUT2D eigenvalue weighted by atomic mass is 28.3. The molecule has 0 saturated heterocycles. The Morgan fingerprint density at radius 3 is 0.464 bits per heavy atom. The van der Waals surface area contributed by atoms with Crippen LogP contribution in [-0.4, -0.2) is 16.1 Å². The number of hydrogen-bond donors (Lipinski definition) is 0. The van der Waals surface area contributed by atoms with E-state index in [1.807, 2.05) is 0 Å². The Morgan fingerprint density at radius 2 is 0.393 bits per heavy atom. The molecule has 0 rings (SSSR count). The van der Waals surface area contributed by atoms with Crippen molar-refractivity contribution >= 4 is 16.1 Å². The molecule has 0 fully saturated rings. The molecular weight excluding hydrogens is 368 g/mol. The maximum absolute atomic E-state index is 2.56. The van der Waals surface area contributed by atoms with Gasteiger partial charge in [0.15, 0.2) is 0 Å². The lowest BCUT2D eigenvalue weighted by molar-refractivity contribution is 0.509. The van der Waals surface area contributed by atoms with Crippen molar-refractivity contribution in [3.63, 3.8) is 0 Å². The molecule has 0 heterocycles. The van der Waals surface area contributed by atoms with Crippen LogP contribution in [0.25, 0.3) is 0 Å². The molecule has 0 bridgehead atoms. The fourth-order valence-electron chi connectivity index (χ4n) is 9.38. The fourth-order valence-corrected chi connectivity index (χ4v) is 30.4. The zero-order valence-corrected chi connectivity index (χ0v) is 25.4. The molecule has 0 aliphatic rings. The van der Waals surface area contributed by atoms with Crippen molar-refractivity contribution in [2.24, 2.45) is 0 Å². The number of hydrogen-bond acceptors (Lipinski definition) is 0. The summed E-state index contributed by atoms with van der Waals surface area (Å²) in [6.45, 7) is 46.1. The molecule has 0 radical (unpaired) electrons. The van der Waals surface area contributed by atoms with Gasteiger partial charge in [0.05, 0.1) is 16.1 Å². The van der Waals surface area contributed by atoms with Gasteiger partial charge in [-0.2, -0.15) is 0 Å². The Labute approximate surface area is 183 Å². The van der Waals surface area contributed by atoms with Gasteiger partial charge in [0.25, 0.3) is 0 Å². The standard InChI is InChI=1S/C26H58Si2/c1-21(2,3)27(22(4,5)6,23(7,8)9)19-20-28(24(10,11)12,25(13,14)15)26(16,17)18/h19-20H2,1-18H3. The minimum atomic E-state index is -1.71. The van der Waals surface area contributed by atoms with E-state index in [1.165, 1.54) is 12.1 Å². The Bertz CT molecular complexity index is 392. The smallest absolute Gasteiger partial charge is 0.0625 e. The Balaban J connectivity index is 6.89. The molecule has 0 aromatic carbocycles. The van der Waals surface area contributed by atoms with Crippen molar-refractivity contribution in [2.45, 2.75) is 167 Å². The second-order valence-electron chi connectivity index (χ2n) is 15.8. The minimum Gasteiger partial charge on any atom is -0.0625 e. The van der Waals surface area contributed by atoms with Crippen molar-refractivity contribution in [1.82, 2.24) is 0 Å². The molecule has 0 saturated carbocycles. The first kappa shape index (κ1) is 28.4. The van der Waals surface area contributed by atoms with Crippen molar-refractivity contribution in [2.75, 3.05) is 0 Å². The number of rotatable bonds is 3. The maximum atomic E-state index is 2.56. The van der Waals surface area contributed by atoms with E-state index in [4.69, 9.17) is 0 Å². The average Bonchev–Trinajstić information content (AvgIpc) is 2.23. The third-order valence-electron chi connectivity index (χ3n) is 8.56. The SMILES string of the molecule is CC(C)(C)[Si](CC[Si](C(C)(C)C)(C(C)(C)C)C(C)(C)C)(C(C)(C)C)C(C)(C)C. The van der Waals surface area contributed by atoms with Gasteiger partial charge >= 0.3 is 0 Å². The molecule has 0 aromatic heterocycles. The zero-order chi connectivity index (χ0) is 23.4. The van der Waals surface area contributed by atoms with Crippen LogP contribution in [0.1, 0.15) is 125 Å². The van der Waals surface area contributed by atoms with Crippen LogP contribution in [0, 0.1) is 0 Å². The topological polar surface area (TPSA) is 0 Å². The lowest BCUT2D eigenvalue weighted by atomic mass is 10.2. The quantitative estimate of drug-likeness (QED) is 0.393. The van der Waals surface area contributed by atoms with E-state index in [-0.39, 0.29) is 0 Å². The van der Waals surface area contributed by atoms with Crippen molar-refractivity contribution < 1.29 is 0 Å². The largest absolute Gasteiger partial charge is 0.0694 e. The monoisotopic (exact) mass is 426 g/mol. The molecule has 0 N–H and O–H groups in total. The molecule has 170 valence electrons. The molecule has 0 unspecified atom stereocenters. The van der Waals surface area contributed by atoms with E-state index in [9.17, 15) is 0 Å². The fraction of sp³-hybridized carbons (Fsp3) is 1.00. The lowest BCUT2D eigenvalue weighted by Crippen LogP contribution is -2.63. The van der Waals surface area contributed by atoms with Crippen LogP contribution < -0.4 is 0 Å². The zero-order valence-electron chi connectivity index (χ0n) is 23.4. The van der Waals surface area contributed by atoms with Gasteiger partial charge in [-0.15, -0.1) is 0 Å². The Morgan fingerprint density at radius 1 is 0.286 bits per heavy atom. The van der Waals surface area contributed by atoms with Crippen molar-refractivity contribution in [3.8, 4) is 0 Å². The molecule has 0 aliphatic carbocycles. The van der Waals surface area contributed by atoms with Crippen molar-refractivity contribution in [1.29, 1.82) is 0 Å². The summed E-state index contributed by atoms with van der Waals surface area (Å²) >= 11 is 0. The van der Waals surface area contributed by atoms with E-state index in [2.05, 4.69) is 125 Å². The van der Waals surface area contributed by atoms with Gasteiger partial charge in [0.2, 0.25) is 0 Å². The first-order valence-corrected chi connectivity index (χ1v) is 16.1. The van der Waals surface area contributed by atoms with Gasteiger partial charge in [-0.05, 0) is 30.2 Å². The second kappa shape index (κ2) is 7.54. The lowest BCUT2D eigenvalue weighted by Gasteiger charge is -2.64. The third kappa shape index (κ3) is 4.53. The van der Waals surface area contributed by atoms with Crippen LogP contribution >= 0.6 is 0 Å². The summed E-state index contributed by atoms with van der Waals surface area (Å²) in [6.07, 6.45) is 0. The van der Waals surface area contributed by atoms with Gasteiger partial charge in [0.1, 0.15) is 0 Å². The minimum absolute atomic E-state index is 0.386. The molecule has 0 nitrogen and oxygen atoms in total. The van der Waals surface area contributed by atoms with E-state index in [1.54, 1.807) is 0 Å². The maximum Gasteiger partial charge on any atom is 0.0694 e. The molecule has 0 spiro atoms. The van der Waals surface area contributed by atoms with Crippen LogP contribution in [0.5, 0.6) is 0 Å². The van der Waals surface area contributed by atoms with Crippen molar-refractivity contribution in [3.05, 3.63) is 0 Å². The van der Waals surface area contributed by atoms with Crippen LogP contribution in [-0.2, 0) is 0 Å². The molecule has 0 amide bonds. The highest BCUT2D eigenvalue weighted by molar-refractivity contribution is 6.92. The Hall–Kier alpha value is 0.434. The first-order chi connectivity index (χ1) is 11.7. The van der Waals surface area contributed by atoms with E-state index >= 15 is 0 Å². The summed E-state index contributed by atoms with van der Waals surface area (Å²) in [6, 6.07) is 2.92. The molecular formula is C26H58Si2. The molecule has 0 aromatic rings. The van der Waals surface area contributed by atoms with Gasteiger partial charge in [0, 0.05) is 0 Å². The van der Waals surface area contributed by atoms with Crippen LogP contribution in [0.15, 0.2) is 0 Å². The van der Waals surface area contributed by atoms with Gasteiger partial charge < -0.3 is 0 Å². The first-order valence-electron chi connectivity index (χ1n) is 11.7. The van der Waals surface area contributed by atoms with Crippen LogP contribution in [0.3, 0.4) is 0 Å². The summed E-state index contributed by atoms with van der Waals surface area (Å²) in [4.78, 5) is 0.